The molecular weight excluding hydrogens is 444 g/mol. The van der Waals surface area contributed by atoms with Gasteiger partial charge in [0.05, 0.1) is 28.0 Å². The highest BCUT2D eigenvalue weighted by Crippen LogP contribution is 2.27. The zero-order valence-electron chi connectivity index (χ0n) is 18.9. The average Bonchev–Trinajstić information content (AvgIpc) is 2.99. The number of nitrogens with one attached hydrogen (secondary N) is 2. The Hall–Kier alpha value is -2.13. The van der Waals surface area contributed by atoms with E-state index < -0.39 is 5.60 Å². The van der Waals surface area contributed by atoms with E-state index in [1.165, 1.54) is 4.57 Å². The van der Waals surface area contributed by atoms with Crippen molar-refractivity contribution < 1.29 is 14.6 Å². The highest BCUT2D eigenvalue weighted by Gasteiger charge is 2.28. The first-order chi connectivity index (χ1) is 16.0. The van der Waals surface area contributed by atoms with Crippen LogP contribution >= 0.6 is 11.6 Å². The summed E-state index contributed by atoms with van der Waals surface area (Å²) < 4.78 is 8.85. The smallest absolute Gasteiger partial charge is 0.332 e. The van der Waals surface area contributed by atoms with E-state index in [9.17, 15) is 14.7 Å². The van der Waals surface area contributed by atoms with Crippen molar-refractivity contribution >= 4 is 17.5 Å². The minimum Gasteiger partial charge on any atom is -0.388 e. The Morgan fingerprint density at radius 2 is 1.97 bits per heavy atom. The van der Waals surface area contributed by atoms with Gasteiger partial charge in [-0.3, -0.25) is 13.9 Å². The van der Waals surface area contributed by atoms with Gasteiger partial charge in [0.15, 0.2) is 0 Å². The quantitative estimate of drug-likeness (QED) is 0.381. The molecule has 180 valence electrons. The van der Waals surface area contributed by atoms with Crippen LogP contribution in [-0.4, -0.2) is 58.1 Å². The molecule has 0 atom stereocenters. The molecule has 2 aromatic rings. The van der Waals surface area contributed by atoms with Crippen molar-refractivity contribution in [1.29, 1.82) is 0 Å². The number of amides is 1. The van der Waals surface area contributed by atoms with Crippen molar-refractivity contribution in [3.05, 3.63) is 51.7 Å². The maximum atomic E-state index is 12.9. The summed E-state index contributed by atoms with van der Waals surface area (Å²) in [5.41, 5.74) is -0.197. The van der Waals surface area contributed by atoms with Crippen LogP contribution in [0.15, 0.2) is 35.4 Å². The molecule has 1 aliphatic carbocycles. The first kappa shape index (κ1) is 24.0. The van der Waals surface area contributed by atoms with Crippen LogP contribution in [0, 0.1) is 0 Å². The van der Waals surface area contributed by atoms with Gasteiger partial charge in [0.25, 0.3) is 5.91 Å². The van der Waals surface area contributed by atoms with Crippen LogP contribution in [0.2, 0.25) is 5.02 Å². The summed E-state index contributed by atoms with van der Waals surface area (Å²) in [6.07, 6.45) is 10.00. The van der Waals surface area contributed by atoms with E-state index in [1.54, 1.807) is 35.2 Å². The van der Waals surface area contributed by atoms with Crippen LogP contribution in [0.5, 0.6) is 0 Å². The lowest BCUT2D eigenvalue weighted by Crippen LogP contribution is -2.48. The van der Waals surface area contributed by atoms with Crippen LogP contribution in [0.4, 0.5) is 0 Å². The Kier molecular flexibility index (Phi) is 7.90. The molecule has 2 heterocycles. The first-order valence-electron chi connectivity index (χ1n) is 11.9. The van der Waals surface area contributed by atoms with Crippen LogP contribution in [-0.2, 0) is 11.3 Å². The van der Waals surface area contributed by atoms with E-state index in [0.29, 0.717) is 36.7 Å². The predicted molar refractivity (Wildman–Crippen MR) is 127 cm³/mol. The summed E-state index contributed by atoms with van der Waals surface area (Å²) in [6.45, 7) is 3.15. The van der Waals surface area contributed by atoms with Gasteiger partial charge in [0.2, 0.25) is 0 Å². The molecule has 0 radical (unpaired) electrons. The molecule has 33 heavy (non-hydrogen) atoms. The number of carbonyl (C=O) groups excluding carboxylic acids is 1. The lowest BCUT2D eigenvalue weighted by atomic mass is 9.94. The fraction of sp³-hybridized carbons (Fsp3) is 0.583. The molecule has 3 N–H and O–H groups in total. The fourth-order valence-electron chi connectivity index (χ4n) is 4.39. The van der Waals surface area contributed by atoms with E-state index in [1.807, 2.05) is 0 Å². The third kappa shape index (κ3) is 6.06. The SMILES string of the molecule is O=C(NCC1(O)CCCCCC1)c1cc(-n2ccn(CCCOC3CNC3)c2=O)ccc1Cl. The van der Waals surface area contributed by atoms with Crippen molar-refractivity contribution in [3.63, 3.8) is 0 Å². The maximum absolute atomic E-state index is 12.9. The lowest BCUT2D eigenvalue weighted by molar-refractivity contribution is 0.0163. The number of aromatic nitrogens is 2. The second-order valence-electron chi connectivity index (χ2n) is 9.13. The molecule has 4 rings (SSSR count). The number of imidazole rings is 1. The largest absolute Gasteiger partial charge is 0.388 e. The molecule has 0 bridgehead atoms. The van der Waals surface area contributed by atoms with Gasteiger partial charge in [0.1, 0.15) is 0 Å². The molecular formula is C24H33ClN4O4. The number of hydrogen-bond donors (Lipinski definition) is 3. The molecule has 2 fully saturated rings. The number of benzene rings is 1. The summed E-state index contributed by atoms with van der Waals surface area (Å²) in [7, 11) is 0. The van der Waals surface area contributed by atoms with Crippen molar-refractivity contribution in [2.24, 2.45) is 0 Å². The fourth-order valence-corrected chi connectivity index (χ4v) is 4.59. The third-order valence-corrected chi connectivity index (χ3v) is 6.90. The molecule has 2 aliphatic rings. The zero-order chi connectivity index (χ0) is 23.3. The van der Waals surface area contributed by atoms with Crippen molar-refractivity contribution in [2.75, 3.05) is 26.2 Å². The van der Waals surface area contributed by atoms with Crippen LogP contribution in [0.1, 0.15) is 55.3 Å². The highest BCUT2D eigenvalue weighted by atomic mass is 35.5. The monoisotopic (exact) mass is 476 g/mol. The van der Waals surface area contributed by atoms with Crippen LogP contribution in [0.25, 0.3) is 5.69 Å². The summed E-state index contributed by atoms with van der Waals surface area (Å²) in [6, 6.07) is 4.96. The second-order valence-corrected chi connectivity index (χ2v) is 9.54. The number of aryl methyl sites for hydroxylation is 1. The molecule has 1 aromatic carbocycles. The zero-order valence-corrected chi connectivity index (χ0v) is 19.6. The second kappa shape index (κ2) is 10.9. The average molecular weight is 477 g/mol. The number of aliphatic hydroxyl groups is 1. The molecule has 1 saturated heterocycles. The number of hydrogen-bond acceptors (Lipinski definition) is 5. The lowest BCUT2D eigenvalue weighted by Gasteiger charge is -2.27. The molecule has 1 saturated carbocycles. The van der Waals surface area contributed by atoms with Crippen LogP contribution < -0.4 is 16.3 Å². The van der Waals surface area contributed by atoms with E-state index in [4.69, 9.17) is 16.3 Å². The first-order valence-corrected chi connectivity index (χ1v) is 12.2. The molecule has 1 amide bonds. The molecule has 0 unspecified atom stereocenters. The Labute approximate surface area is 198 Å². The van der Waals surface area contributed by atoms with Gasteiger partial charge in [0, 0.05) is 45.2 Å². The Morgan fingerprint density at radius 3 is 2.67 bits per heavy atom. The summed E-state index contributed by atoms with van der Waals surface area (Å²) in [5.74, 6) is -0.352. The van der Waals surface area contributed by atoms with Gasteiger partial charge >= 0.3 is 5.69 Å². The van der Waals surface area contributed by atoms with E-state index in [0.717, 1.165) is 45.2 Å². The minimum atomic E-state index is -0.872. The molecule has 1 aliphatic heterocycles. The van der Waals surface area contributed by atoms with E-state index >= 15 is 0 Å². The van der Waals surface area contributed by atoms with Crippen molar-refractivity contribution in [3.8, 4) is 5.69 Å². The highest BCUT2D eigenvalue weighted by molar-refractivity contribution is 6.33. The molecule has 0 spiro atoms. The number of rotatable bonds is 9. The number of ether oxygens (including phenoxy) is 1. The Bertz CT molecular complexity index is 1010. The number of carbonyl (C=O) groups is 1. The Morgan fingerprint density at radius 1 is 1.21 bits per heavy atom. The van der Waals surface area contributed by atoms with Gasteiger partial charge in [-0.15, -0.1) is 0 Å². The van der Waals surface area contributed by atoms with Crippen molar-refractivity contribution in [2.45, 2.75) is 63.2 Å². The summed E-state index contributed by atoms with van der Waals surface area (Å²) in [4.78, 5) is 25.7. The normalized spacial score (nSPS) is 18.5. The maximum Gasteiger partial charge on any atom is 0.332 e. The van der Waals surface area contributed by atoms with Gasteiger partial charge < -0.3 is 20.5 Å². The summed E-state index contributed by atoms with van der Waals surface area (Å²) in [5, 5.41) is 17.1. The van der Waals surface area contributed by atoms with Crippen molar-refractivity contribution in [1.82, 2.24) is 19.8 Å². The topological polar surface area (TPSA) is 97.5 Å². The summed E-state index contributed by atoms with van der Waals surface area (Å²) >= 11 is 6.30. The Balaban J connectivity index is 1.39. The number of nitrogens with zero attached hydrogens (tertiary/aromatic N) is 2. The minimum absolute atomic E-state index is 0.179. The third-order valence-electron chi connectivity index (χ3n) is 6.57. The molecule has 1 aromatic heterocycles. The predicted octanol–water partition coefficient (Wildman–Crippen LogP) is 2.49. The standard InChI is InChI=1S/C24H33ClN4O4/c25-21-7-6-18(14-20(21)22(30)27-17-24(32)8-3-1-2-4-9-24)29-12-11-28(23(29)31)10-5-13-33-19-15-26-16-19/h6-7,11-12,14,19,26,32H,1-5,8-10,13,15-17H2,(H,27,30). The van der Waals surface area contributed by atoms with Crippen LogP contribution in [0.3, 0.4) is 0 Å². The molecule has 8 nitrogen and oxygen atoms in total. The van der Waals surface area contributed by atoms with E-state index in [2.05, 4.69) is 10.6 Å². The van der Waals surface area contributed by atoms with Gasteiger partial charge in [-0.2, -0.15) is 0 Å². The van der Waals surface area contributed by atoms with Gasteiger partial charge in [-0.1, -0.05) is 37.3 Å². The van der Waals surface area contributed by atoms with Gasteiger partial charge in [-0.05, 0) is 37.5 Å². The van der Waals surface area contributed by atoms with E-state index in [-0.39, 0.29) is 29.8 Å². The number of halogens is 1. The van der Waals surface area contributed by atoms with Gasteiger partial charge in [-0.25, -0.2) is 4.79 Å². The molecule has 9 heteroatoms.